The van der Waals surface area contributed by atoms with Crippen molar-refractivity contribution in [3.05, 3.63) is 29.3 Å². The van der Waals surface area contributed by atoms with Gasteiger partial charge in [0, 0.05) is 24.6 Å². The molecule has 2 atom stereocenters. The van der Waals surface area contributed by atoms with Crippen LogP contribution >= 0.6 is 0 Å². The fraction of sp³-hybridized carbons (Fsp3) is 0.462. The monoisotopic (exact) mass is 233 g/mol. The smallest absolute Gasteiger partial charge is 0.338 e. The summed E-state index contributed by atoms with van der Waals surface area (Å²) < 4.78 is 10.8. The molecular formula is C13H15NO3. The third-order valence-electron chi connectivity index (χ3n) is 3.28. The molecule has 1 aromatic rings. The van der Waals surface area contributed by atoms with E-state index in [2.05, 4.69) is 5.32 Å². The SMILES string of the molecule is CCOC(=O)c1ccc2c(c1)OC1CNC2C1. The van der Waals surface area contributed by atoms with Crippen molar-refractivity contribution in [2.45, 2.75) is 25.5 Å². The van der Waals surface area contributed by atoms with Gasteiger partial charge in [0.15, 0.2) is 0 Å². The maximum atomic E-state index is 11.6. The van der Waals surface area contributed by atoms with Crippen LogP contribution in [0.5, 0.6) is 5.75 Å². The first-order chi connectivity index (χ1) is 8.28. The predicted molar refractivity (Wildman–Crippen MR) is 62.2 cm³/mol. The summed E-state index contributed by atoms with van der Waals surface area (Å²) in [5.74, 6) is 0.534. The molecule has 4 heteroatoms. The van der Waals surface area contributed by atoms with Crippen LogP contribution in [0.25, 0.3) is 0 Å². The third-order valence-corrected chi connectivity index (χ3v) is 3.28. The van der Waals surface area contributed by atoms with E-state index in [1.165, 1.54) is 0 Å². The van der Waals surface area contributed by atoms with Crippen molar-refractivity contribution in [2.75, 3.05) is 13.2 Å². The van der Waals surface area contributed by atoms with Gasteiger partial charge >= 0.3 is 5.97 Å². The Balaban J connectivity index is 1.92. The fourth-order valence-electron chi connectivity index (χ4n) is 2.48. The van der Waals surface area contributed by atoms with Crippen LogP contribution < -0.4 is 10.1 Å². The lowest BCUT2D eigenvalue weighted by Crippen LogP contribution is -2.20. The van der Waals surface area contributed by atoms with Crippen LogP contribution in [0.3, 0.4) is 0 Å². The normalized spacial score (nSPS) is 25.0. The summed E-state index contributed by atoms with van der Waals surface area (Å²) in [6, 6.07) is 5.93. The minimum Gasteiger partial charge on any atom is -0.489 e. The first-order valence-electron chi connectivity index (χ1n) is 5.99. The van der Waals surface area contributed by atoms with Gasteiger partial charge in [0.05, 0.1) is 12.2 Å². The Bertz CT molecular complexity index is 458. The second kappa shape index (κ2) is 4.04. The third kappa shape index (κ3) is 1.78. The summed E-state index contributed by atoms with van der Waals surface area (Å²) in [6.07, 6.45) is 1.26. The van der Waals surface area contributed by atoms with E-state index in [0.717, 1.165) is 24.3 Å². The van der Waals surface area contributed by atoms with Crippen LogP contribution in [0.4, 0.5) is 0 Å². The van der Waals surface area contributed by atoms with Crippen molar-refractivity contribution in [3.63, 3.8) is 0 Å². The van der Waals surface area contributed by atoms with Crippen molar-refractivity contribution < 1.29 is 14.3 Å². The van der Waals surface area contributed by atoms with E-state index < -0.39 is 0 Å². The van der Waals surface area contributed by atoms with Crippen molar-refractivity contribution in [1.82, 2.24) is 5.32 Å². The standard InChI is InChI=1S/C13H15NO3/c1-2-16-13(15)8-3-4-10-11-6-9(7-14-11)17-12(10)5-8/h3-5,9,11,14H,2,6-7H2,1H3. The summed E-state index contributed by atoms with van der Waals surface area (Å²) in [4.78, 5) is 11.6. The average molecular weight is 233 g/mol. The van der Waals surface area contributed by atoms with Gasteiger partial charge in [-0.1, -0.05) is 6.07 Å². The molecule has 2 heterocycles. The highest BCUT2D eigenvalue weighted by molar-refractivity contribution is 5.90. The van der Waals surface area contributed by atoms with Crippen LogP contribution in [0.15, 0.2) is 18.2 Å². The first-order valence-corrected chi connectivity index (χ1v) is 5.99. The Labute approximate surface area is 99.9 Å². The Morgan fingerprint density at radius 1 is 1.59 bits per heavy atom. The Kier molecular flexibility index (Phi) is 2.52. The van der Waals surface area contributed by atoms with Crippen LogP contribution in [0.1, 0.15) is 35.3 Å². The molecule has 0 radical (unpaired) electrons. The first kappa shape index (κ1) is 10.6. The second-order valence-electron chi connectivity index (χ2n) is 4.41. The van der Waals surface area contributed by atoms with E-state index in [1.54, 1.807) is 19.1 Å². The van der Waals surface area contributed by atoms with Crippen LogP contribution in [0, 0.1) is 0 Å². The molecule has 0 aromatic heterocycles. The van der Waals surface area contributed by atoms with Gasteiger partial charge in [0.1, 0.15) is 11.9 Å². The molecule has 2 unspecified atom stereocenters. The minimum absolute atomic E-state index is 0.241. The second-order valence-corrected chi connectivity index (χ2v) is 4.41. The number of esters is 1. The molecule has 1 N–H and O–H groups in total. The molecule has 0 amide bonds. The summed E-state index contributed by atoms with van der Waals surface area (Å²) >= 11 is 0. The van der Waals surface area contributed by atoms with Gasteiger partial charge in [-0.15, -0.1) is 0 Å². The highest BCUT2D eigenvalue weighted by atomic mass is 16.5. The maximum absolute atomic E-state index is 11.6. The Morgan fingerprint density at radius 2 is 2.47 bits per heavy atom. The van der Waals surface area contributed by atoms with Crippen molar-refractivity contribution in [2.24, 2.45) is 0 Å². The zero-order valence-electron chi connectivity index (χ0n) is 9.73. The predicted octanol–water partition coefficient (Wildman–Crippen LogP) is 1.66. The molecule has 0 spiro atoms. The Hall–Kier alpha value is -1.55. The molecule has 2 bridgehead atoms. The molecule has 17 heavy (non-hydrogen) atoms. The molecule has 3 rings (SSSR count). The van der Waals surface area contributed by atoms with E-state index in [-0.39, 0.29) is 12.1 Å². The van der Waals surface area contributed by atoms with E-state index in [9.17, 15) is 4.79 Å². The molecule has 2 aliphatic rings. The highest BCUT2D eigenvalue weighted by Crippen LogP contribution is 2.38. The summed E-state index contributed by atoms with van der Waals surface area (Å²) in [6.45, 7) is 3.08. The fourth-order valence-corrected chi connectivity index (χ4v) is 2.48. The van der Waals surface area contributed by atoms with Gasteiger partial charge in [-0.25, -0.2) is 4.79 Å². The van der Waals surface area contributed by atoms with Gasteiger partial charge in [-0.2, -0.15) is 0 Å². The van der Waals surface area contributed by atoms with Gasteiger partial charge < -0.3 is 14.8 Å². The van der Waals surface area contributed by atoms with Crippen molar-refractivity contribution in [1.29, 1.82) is 0 Å². The number of hydrogen-bond donors (Lipinski definition) is 1. The van der Waals surface area contributed by atoms with E-state index in [1.807, 2.05) is 6.07 Å². The number of rotatable bonds is 2. The largest absolute Gasteiger partial charge is 0.489 e. The quantitative estimate of drug-likeness (QED) is 0.789. The molecule has 0 saturated carbocycles. The number of ether oxygens (including phenoxy) is 2. The van der Waals surface area contributed by atoms with Crippen LogP contribution in [-0.4, -0.2) is 25.2 Å². The van der Waals surface area contributed by atoms with Gasteiger partial charge in [-0.3, -0.25) is 0 Å². The molecule has 1 fully saturated rings. The van der Waals surface area contributed by atoms with Gasteiger partial charge in [0.25, 0.3) is 0 Å². The molecule has 1 saturated heterocycles. The topological polar surface area (TPSA) is 47.6 Å². The molecule has 1 aromatic carbocycles. The molecule has 4 nitrogen and oxygen atoms in total. The molecule has 0 aliphatic carbocycles. The van der Waals surface area contributed by atoms with E-state index in [4.69, 9.17) is 9.47 Å². The number of carbonyl (C=O) groups excluding carboxylic acids is 1. The lowest BCUT2D eigenvalue weighted by Gasteiger charge is -2.23. The lowest BCUT2D eigenvalue weighted by molar-refractivity contribution is 0.0525. The van der Waals surface area contributed by atoms with Crippen LogP contribution in [0.2, 0.25) is 0 Å². The average Bonchev–Trinajstić information content (AvgIpc) is 2.72. The number of nitrogens with one attached hydrogen (secondary N) is 1. The zero-order chi connectivity index (χ0) is 11.8. The number of benzene rings is 1. The summed E-state index contributed by atoms with van der Waals surface area (Å²) in [5.41, 5.74) is 1.71. The zero-order valence-corrected chi connectivity index (χ0v) is 9.73. The molecule has 2 aliphatic heterocycles. The summed E-state index contributed by atoms with van der Waals surface area (Å²) in [5, 5.41) is 3.41. The van der Waals surface area contributed by atoms with Crippen molar-refractivity contribution >= 4 is 5.97 Å². The molecular weight excluding hydrogens is 218 g/mol. The van der Waals surface area contributed by atoms with Gasteiger partial charge in [0.2, 0.25) is 0 Å². The number of fused-ring (bicyclic) bond motifs is 4. The summed E-state index contributed by atoms with van der Waals surface area (Å²) in [7, 11) is 0. The van der Waals surface area contributed by atoms with Crippen molar-refractivity contribution in [3.8, 4) is 5.75 Å². The highest BCUT2D eigenvalue weighted by Gasteiger charge is 2.34. The van der Waals surface area contributed by atoms with E-state index in [0.29, 0.717) is 18.2 Å². The number of carbonyl (C=O) groups is 1. The number of hydrogen-bond acceptors (Lipinski definition) is 4. The maximum Gasteiger partial charge on any atom is 0.338 e. The van der Waals surface area contributed by atoms with E-state index >= 15 is 0 Å². The minimum atomic E-state index is -0.287. The van der Waals surface area contributed by atoms with Gasteiger partial charge in [-0.05, 0) is 19.1 Å². The molecule has 90 valence electrons. The Morgan fingerprint density at radius 3 is 3.29 bits per heavy atom. The van der Waals surface area contributed by atoms with Crippen LogP contribution in [-0.2, 0) is 4.74 Å². The lowest BCUT2D eigenvalue weighted by atomic mass is 9.99.